The number of carbonyl (C=O) groups is 2. The van der Waals surface area contributed by atoms with Crippen LogP contribution in [0.5, 0.6) is 0 Å². The first-order valence-electron chi connectivity index (χ1n) is 11.4. The number of benzene rings is 1. The third kappa shape index (κ3) is 6.45. The van der Waals surface area contributed by atoms with Gasteiger partial charge < -0.3 is 20.1 Å². The molecule has 0 fully saturated rings. The van der Waals surface area contributed by atoms with Gasteiger partial charge in [0.05, 0.1) is 23.4 Å². The SMILES string of the molecule is C/C=C\N=CCc1c(C#N)c(C(=O)NC)c2n1CCN(C(=O)Nc1ccc(S(C)=O)cc1)C2.CC. The van der Waals surface area contributed by atoms with Gasteiger partial charge in [-0.25, -0.2) is 4.79 Å². The molecule has 2 N–H and O–H groups in total. The Balaban J connectivity index is 0.00000210. The number of urea groups is 1. The highest BCUT2D eigenvalue weighted by Crippen LogP contribution is 2.28. The van der Waals surface area contributed by atoms with Crippen LogP contribution in [0.3, 0.4) is 0 Å². The number of rotatable bonds is 6. The van der Waals surface area contributed by atoms with Crippen molar-refractivity contribution in [3.63, 3.8) is 0 Å². The van der Waals surface area contributed by atoms with Crippen molar-refractivity contribution in [1.82, 2.24) is 14.8 Å². The summed E-state index contributed by atoms with van der Waals surface area (Å²) in [4.78, 5) is 32.0. The number of allylic oxidation sites excluding steroid dienone is 1. The van der Waals surface area contributed by atoms with Crippen LogP contribution in [-0.4, -0.2) is 51.7 Å². The van der Waals surface area contributed by atoms with Gasteiger partial charge in [-0.15, -0.1) is 0 Å². The predicted molar refractivity (Wildman–Crippen MR) is 139 cm³/mol. The Morgan fingerprint density at radius 2 is 1.91 bits per heavy atom. The predicted octanol–water partition coefficient (Wildman–Crippen LogP) is 3.68. The highest BCUT2D eigenvalue weighted by atomic mass is 32.2. The van der Waals surface area contributed by atoms with Crippen LogP contribution >= 0.6 is 0 Å². The van der Waals surface area contributed by atoms with E-state index in [4.69, 9.17) is 0 Å². The molecule has 2 aromatic rings. The summed E-state index contributed by atoms with van der Waals surface area (Å²) < 4.78 is 13.5. The number of amides is 3. The lowest BCUT2D eigenvalue weighted by molar-refractivity contribution is 0.0959. The average molecular weight is 497 g/mol. The van der Waals surface area contributed by atoms with Gasteiger partial charge in [0.15, 0.2) is 0 Å². The first-order chi connectivity index (χ1) is 16.9. The van der Waals surface area contributed by atoms with Crippen molar-refractivity contribution >= 4 is 34.6 Å². The van der Waals surface area contributed by atoms with Gasteiger partial charge in [0, 0.05) is 72.3 Å². The number of hydrogen-bond acceptors (Lipinski definition) is 5. The molecule has 0 saturated heterocycles. The Morgan fingerprint density at radius 3 is 2.49 bits per heavy atom. The molecule has 0 bridgehead atoms. The minimum absolute atomic E-state index is 0.187. The van der Waals surface area contributed by atoms with Gasteiger partial charge in [-0.05, 0) is 31.2 Å². The molecular formula is C25H32N6O3S. The van der Waals surface area contributed by atoms with E-state index in [-0.39, 0.29) is 18.5 Å². The van der Waals surface area contributed by atoms with Crippen molar-refractivity contribution in [2.24, 2.45) is 4.99 Å². The number of aromatic nitrogens is 1. The molecule has 35 heavy (non-hydrogen) atoms. The standard InChI is InChI=1S/C23H26N6O3S.C2H6/c1-4-10-26-11-9-19-18(14-24)21(22(30)25-2)20-15-28(12-13-29(19)20)23(31)27-16-5-7-17(8-6-16)33(3)32;1-2/h4-8,10-11H,9,12-13,15H2,1-3H3,(H,25,30)(H,27,31);1-2H3/b10-4-,26-11?;. The van der Waals surface area contributed by atoms with Crippen molar-refractivity contribution in [2.75, 3.05) is 25.2 Å². The number of nitriles is 1. The number of nitrogens with zero attached hydrogens (tertiary/aromatic N) is 4. The average Bonchev–Trinajstić information content (AvgIpc) is 3.20. The highest BCUT2D eigenvalue weighted by molar-refractivity contribution is 7.84. The molecule has 3 rings (SSSR count). The molecule has 1 unspecified atom stereocenters. The molecule has 0 saturated carbocycles. The highest BCUT2D eigenvalue weighted by Gasteiger charge is 2.31. The van der Waals surface area contributed by atoms with Crippen LogP contribution in [0.1, 0.15) is 48.1 Å². The van der Waals surface area contributed by atoms with E-state index in [0.29, 0.717) is 52.6 Å². The molecule has 10 heteroatoms. The molecule has 186 valence electrons. The minimum Gasteiger partial charge on any atom is -0.355 e. The smallest absolute Gasteiger partial charge is 0.322 e. The molecular weight excluding hydrogens is 464 g/mol. The van der Waals surface area contributed by atoms with Gasteiger partial charge in [0.2, 0.25) is 0 Å². The Hall–Kier alpha value is -3.71. The molecule has 9 nitrogen and oxygen atoms in total. The Labute approximate surface area is 209 Å². The first-order valence-corrected chi connectivity index (χ1v) is 13.0. The lowest BCUT2D eigenvalue weighted by Crippen LogP contribution is -2.41. The Kier molecular flexibility index (Phi) is 10.4. The van der Waals surface area contributed by atoms with Crippen molar-refractivity contribution in [3.05, 3.63) is 59.1 Å². The van der Waals surface area contributed by atoms with Gasteiger partial charge >= 0.3 is 6.03 Å². The van der Waals surface area contributed by atoms with E-state index < -0.39 is 10.8 Å². The number of fused-ring (bicyclic) bond motifs is 1. The molecule has 1 atom stereocenters. The van der Waals surface area contributed by atoms with E-state index in [1.165, 1.54) is 7.05 Å². The maximum absolute atomic E-state index is 12.9. The zero-order valence-electron chi connectivity index (χ0n) is 20.8. The minimum atomic E-state index is -1.10. The van der Waals surface area contributed by atoms with Crippen molar-refractivity contribution in [1.29, 1.82) is 5.26 Å². The maximum Gasteiger partial charge on any atom is 0.322 e. The van der Waals surface area contributed by atoms with E-state index in [1.807, 2.05) is 25.3 Å². The largest absolute Gasteiger partial charge is 0.355 e. The van der Waals surface area contributed by atoms with Crippen LogP contribution in [0.25, 0.3) is 0 Å². The summed E-state index contributed by atoms with van der Waals surface area (Å²) in [5.74, 6) is -0.364. The summed E-state index contributed by atoms with van der Waals surface area (Å²) in [6, 6.07) is 8.67. The van der Waals surface area contributed by atoms with Gasteiger partial charge in [0.25, 0.3) is 5.91 Å². The summed E-state index contributed by atoms with van der Waals surface area (Å²) in [5.41, 5.74) is 2.52. The summed E-state index contributed by atoms with van der Waals surface area (Å²) in [7, 11) is 0.420. The third-order valence-electron chi connectivity index (χ3n) is 5.33. The Morgan fingerprint density at radius 1 is 1.23 bits per heavy atom. The molecule has 0 aliphatic carbocycles. The van der Waals surface area contributed by atoms with E-state index in [1.54, 1.807) is 53.9 Å². The summed E-state index contributed by atoms with van der Waals surface area (Å²) in [6.07, 6.45) is 7.15. The molecule has 2 heterocycles. The molecule has 1 aliphatic rings. The summed E-state index contributed by atoms with van der Waals surface area (Å²) >= 11 is 0. The second-order valence-corrected chi connectivity index (χ2v) is 8.71. The van der Waals surface area contributed by atoms with Crippen LogP contribution in [0.4, 0.5) is 10.5 Å². The molecule has 0 spiro atoms. The second-order valence-electron chi connectivity index (χ2n) is 7.33. The van der Waals surface area contributed by atoms with E-state index in [9.17, 15) is 19.1 Å². The number of aliphatic imine (C=N–C) groups is 1. The zero-order valence-corrected chi connectivity index (χ0v) is 21.6. The van der Waals surface area contributed by atoms with Gasteiger partial charge in [-0.1, -0.05) is 19.9 Å². The number of anilines is 1. The third-order valence-corrected chi connectivity index (χ3v) is 6.26. The van der Waals surface area contributed by atoms with Gasteiger partial charge in [-0.3, -0.25) is 14.0 Å². The van der Waals surface area contributed by atoms with Crippen molar-refractivity contribution in [3.8, 4) is 6.07 Å². The van der Waals surface area contributed by atoms with E-state index in [0.717, 1.165) is 0 Å². The fourth-order valence-corrected chi connectivity index (χ4v) is 4.25. The van der Waals surface area contributed by atoms with E-state index >= 15 is 0 Å². The number of nitrogens with one attached hydrogen (secondary N) is 2. The molecule has 1 aromatic heterocycles. The normalized spacial score (nSPS) is 13.5. The van der Waals surface area contributed by atoms with Gasteiger partial charge in [-0.2, -0.15) is 5.26 Å². The van der Waals surface area contributed by atoms with Crippen LogP contribution in [0.2, 0.25) is 0 Å². The quantitative estimate of drug-likeness (QED) is 0.593. The van der Waals surface area contributed by atoms with Crippen LogP contribution in [0, 0.1) is 11.3 Å². The zero-order chi connectivity index (χ0) is 26.0. The topological polar surface area (TPSA) is 120 Å². The van der Waals surface area contributed by atoms with Crippen molar-refractivity contribution in [2.45, 2.75) is 45.2 Å². The maximum atomic E-state index is 12.9. The summed E-state index contributed by atoms with van der Waals surface area (Å²) in [5, 5.41) is 15.3. The fourth-order valence-electron chi connectivity index (χ4n) is 3.73. The lowest BCUT2D eigenvalue weighted by atomic mass is 10.1. The van der Waals surface area contributed by atoms with Crippen molar-refractivity contribution < 1.29 is 13.8 Å². The second kappa shape index (κ2) is 13.2. The summed E-state index contributed by atoms with van der Waals surface area (Å²) in [6.45, 7) is 6.92. The first kappa shape index (κ1) is 27.5. The molecule has 1 aliphatic heterocycles. The van der Waals surface area contributed by atoms with Crippen LogP contribution < -0.4 is 10.6 Å². The molecule has 3 amide bonds. The van der Waals surface area contributed by atoms with Crippen LogP contribution in [0.15, 0.2) is 46.4 Å². The molecule has 1 aromatic carbocycles. The van der Waals surface area contributed by atoms with Gasteiger partial charge in [0.1, 0.15) is 6.07 Å². The lowest BCUT2D eigenvalue weighted by Gasteiger charge is -2.30. The molecule has 0 radical (unpaired) electrons. The van der Waals surface area contributed by atoms with E-state index in [2.05, 4.69) is 21.7 Å². The number of hydrogen-bond donors (Lipinski definition) is 2. The van der Waals surface area contributed by atoms with Crippen LogP contribution in [-0.2, 0) is 30.3 Å². The fraction of sp³-hybridized carbons (Fsp3) is 0.360. The monoisotopic (exact) mass is 496 g/mol. The number of carbonyl (C=O) groups excluding carboxylic acids is 2. The Bertz CT molecular complexity index is 1180.